The van der Waals surface area contributed by atoms with Crippen molar-refractivity contribution in [2.24, 2.45) is 0 Å². The highest BCUT2D eigenvalue weighted by molar-refractivity contribution is 7.91. The Labute approximate surface area is 142 Å². The lowest BCUT2D eigenvalue weighted by molar-refractivity contribution is 0.311. The number of ether oxygens (including phenoxy) is 1. The number of benzene rings is 1. The Morgan fingerprint density at radius 1 is 1.17 bits per heavy atom. The Balaban J connectivity index is 1.84. The molecule has 2 aromatic rings. The average Bonchev–Trinajstić information content (AvgIpc) is 2.53. The molecule has 0 aliphatic heterocycles. The van der Waals surface area contributed by atoms with Gasteiger partial charge in [-0.25, -0.2) is 13.4 Å². The van der Waals surface area contributed by atoms with E-state index in [0.717, 1.165) is 12.0 Å². The van der Waals surface area contributed by atoms with E-state index >= 15 is 0 Å². The molecular formula is C16H22N4O3S. The van der Waals surface area contributed by atoms with Crippen molar-refractivity contribution in [3.63, 3.8) is 0 Å². The molecule has 4 N–H and O–H groups in total. The van der Waals surface area contributed by atoms with Gasteiger partial charge in [0.1, 0.15) is 11.6 Å². The van der Waals surface area contributed by atoms with E-state index in [1.54, 1.807) is 30.5 Å². The molecule has 0 aliphatic carbocycles. The minimum atomic E-state index is -3.19. The Morgan fingerprint density at radius 2 is 1.88 bits per heavy atom. The van der Waals surface area contributed by atoms with E-state index in [0.29, 0.717) is 35.9 Å². The van der Waals surface area contributed by atoms with Gasteiger partial charge in [-0.3, -0.25) is 0 Å². The summed E-state index contributed by atoms with van der Waals surface area (Å²) in [7, 11) is -3.19. The molecule has 0 amide bonds. The first-order chi connectivity index (χ1) is 11.4. The van der Waals surface area contributed by atoms with Crippen LogP contribution in [0.1, 0.15) is 25.3 Å². The van der Waals surface area contributed by atoms with Crippen molar-refractivity contribution in [2.75, 3.05) is 23.8 Å². The second-order valence-electron chi connectivity index (χ2n) is 5.38. The fraction of sp³-hybridized carbons (Fsp3) is 0.375. The number of rotatable bonds is 8. The van der Waals surface area contributed by atoms with Gasteiger partial charge in [0, 0.05) is 11.8 Å². The highest BCUT2D eigenvalue weighted by Gasteiger charge is 2.12. The second-order valence-corrected chi connectivity index (χ2v) is 7.49. The van der Waals surface area contributed by atoms with Crippen LogP contribution in [0, 0.1) is 0 Å². The topological polar surface area (TPSA) is 121 Å². The molecule has 0 saturated heterocycles. The van der Waals surface area contributed by atoms with E-state index in [4.69, 9.17) is 16.2 Å². The predicted octanol–water partition coefficient (Wildman–Crippen LogP) is 1.84. The van der Waals surface area contributed by atoms with Crippen molar-refractivity contribution < 1.29 is 13.2 Å². The predicted molar refractivity (Wildman–Crippen MR) is 93.5 cm³/mol. The molecular weight excluding hydrogens is 328 g/mol. The average molecular weight is 350 g/mol. The monoisotopic (exact) mass is 350 g/mol. The van der Waals surface area contributed by atoms with Crippen LogP contribution in [-0.4, -0.2) is 30.7 Å². The van der Waals surface area contributed by atoms with E-state index in [1.807, 2.05) is 6.92 Å². The molecule has 1 aromatic heterocycles. The van der Waals surface area contributed by atoms with E-state index < -0.39 is 9.84 Å². The van der Waals surface area contributed by atoms with Gasteiger partial charge in [0.25, 0.3) is 0 Å². The number of sulfone groups is 1. The summed E-state index contributed by atoms with van der Waals surface area (Å²) in [5.74, 6) is 1.32. The van der Waals surface area contributed by atoms with Gasteiger partial charge in [-0.2, -0.15) is 4.98 Å². The standard InChI is InChI=1S/C16H22N4O3S/c1-2-10-24(21,22)14-7-5-13(6-8-14)23-9-3-4-12-11-19-16(18)20-15(12)17/h5-8,11H,2-4,9-10H2,1H3,(H4,17,18,19,20). The van der Waals surface area contributed by atoms with Crippen molar-refractivity contribution in [3.8, 4) is 5.75 Å². The molecule has 24 heavy (non-hydrogen) atoms. The summed E-state index contributed by atoms with van der Waals surface area (Å²) >= 11 is 0. The van der Waals surface area contributed by atoms with Gasteiger partial charge >= 0.3 is 0 Å². The maximum atomic E-state index is 11.9. The van der Waals surface area contributed by atoms with Crippen LogP contribution >= 0.6 is 0 Å². The fourth-order valence-corrected chi connectivity index (χ4v) is 3.53. The summed E-state index contributed by atoms with van der Waals surface area (Å²) in [5, 5.41) is 0. The van der Waals surface area contributed by atoms with E-state index in [1.165, 1.54) is 0 Å². The van der Waals surface area contributed by atoms with Gasteiger partial charge in [-0.1, -0.05) is 6.92 Å². The summed E-state index contributed by atoms with van der Waals surface area (Å²) < 4.78 is 29.5. The molecule has 8 heteroatoms. The number of hydrogen-bond donors (Lipinski definition) is 2. The van der Waals surface area contributed by atoms with Crippen molar-refractivity contribution in [1.29, 1.82) is 0 Å². The lowest BCUT2D eigenvalue weighted by Gasteiger charge is -2.08. The second kappa shape index (κ2) is 7.96. The van der Waals surface area contributed by atoms with Crippen molar-refractivity contribution in [3.05, 3.63) is 36.0 Å². The molecule has 0 atom stereocenters. The number of nitrogens with zero attached hydrogens (tertiary/aromatic N) is 2. The molecule has 0 aliphatic rings. The molecule has 1 heterocycles. The first-order valence-corrected chi connectivity index (χ1v) is 9.40. The van der Waals surface area contributed by atoms with Crippen LogP contribution in [0.25, 0.3) is 0 Å². The van der Waals surface area contributed by atoms with Gasteiger partial charge in [0.15, 0.2) is 9.84 Å². The molecule has 0 radical (unpaired) electrons. The number of aromatic nitrogens is 2. The number of nitrogens with two attached hydrogens (primary N) is 2. The van der Waals surface area contributed by atoms with Gasteiger partial charge in [-0.05, 0) is 43.5 Å². The maximum Gasteiger partial charge on any atom is 0.221 e. The molecule has 7 nitrogen and oxygen atoms in total. The number of aryl methyl sites for hydroxylation is 1. The lowest BCUT2D eigenvalue weighted by Crippen LogP contribution is -2.06. The van der Waals surface area contributed by atoms with Crippen LogP contribution < -0.4 is 16.2 Å². The van der Waals surface area contributed by atoms with Crippen LogP contribution in [0.15, 0.2) is 35.4 Å². The molecule has 0 spiro atoms. The third kappa shape index (κ3) is 4.82. The molecule has 0 bridgehead atoms. The van der Waals surface area contributed by atoms with Crippen LogP contribution in [0.4, 0.5) is 11.8 Å². The number of anilines is 2. The molecule has 2 rings (SSSR count). The number of hydrogen-bond acceptors (Lipinski definition) is 7. The fourth-order valence-electron chi connectivity index (χ4n) is 2.21. The minimum Gasteiger partial charge on any atom is -0.494 e. The first kappa shape index (κ1) is 18.0. The lowest BCUT2D eigenvalue weighted by atomic mass is 10.2. The van der Waals surface area contributed by atoms with Crippen molar-refractivity contribution in [2.45, 2.75) is 31.1 Å². The summed E-state index contributed by atoms with van der Waals surface area (Å²) in [5.41, 5.74) is 12.0. The van der Waals surface area contributed by atoms with Crippen molar-refractivity contribution >= 4 is 21.6 Å². The van der Waals surface area contributed by atoms with E-state index in [2.05, 4.69) is 9.97 Å². The zero-order valence-electron chi connectivity index (χ0n) is 13.6. The van der Waals surface area contributed by atoms with Gasteiger partial charge < -0.3 is 16.2 Å². The van der Waals surface area contributed by atoms with E-state index in [-0.39, 0.29) is 11.7 Å². The third-order valence-electron chi connectivity index (χ3n) is 3.43. The zero-order valence-corrected chi connectivity index (χ0v) is 14.4. The normalized spacial score (nSPS) is 11.4. The Bertz CT molecular complexity index is 776. The minimum absolute atomic E-state index is 0.151. The van der Waals surface area contributed by atoms with E-state index in [9.17, 15) is 8.42 Å². The Morgan fingerprint density at radius 3 is 2.50 bits per heavy atom. The van der Waals surface area contributed by atoms with Crippen LogP contribution in [0.2, 0.25) is 0 Å². The Kier molecular flexibility index (Phi) is 5.97. The van der Waals surface area contributed by atoms with Crippen LogP contribution in [-0.2, 0) is 16.3 Å². The maximum absolute atomic E-state index is 11.9. The number of nitrogen functional groups attached to an aromatic ring is 2. The summed E-state index contributed by atoms with van der Waals surface area (Å²) in [6.45, 7) is 2.32. The summed E-state index contributed by atoms with van der Waals surface area (Å²) in [6, 6.07) is 6.49. The highest BCUT2D eigenvalue weighted by atomic mass is 32.2. The molecule has 130 valence electrons. The Hall–Kier alpha value is -2.35. The quantitative estimate of drug-likeness (QED) is 0.697. The molecule has 0 unspecified atom stereocenters. The zero-order chi connectivity index (χ0) is 17.6. The highest BCUT2D eigenvalue weighted by Crippen LogP contribution is 2.18. The SMILES string of the molecule is CCCS(=O)(=O)c1ccc(OCCCc2cnc(N)nc2N)cc1. The molecule has 0 saturated carbocycles. The molecule has 1 aromatic carbocycles. The van der Waals surface area contributed by atoms with Crippen LogP contribution in [0.3, 0.4) is 0 Å². The molecule has 0 fully saturated rings. The van der Waals surface area contributed by atoms with Crippen molar-refractivity contribution in [1.82, 2.24) is 9.97 Å². The first-order valence-electron chi connectivity index (χ1n) is 7.75. The van der Waals surface area contributed by atoms with Crippen LogP contribution in [0.5, 0.6) is 5.75 Å². The smallest absolute Gasteiger partial charge is 0.221 e. The largest absolute Gasteiger partial charge is 0.494 e. The summed E-state index contributed by atoms with van der Waals surface area (Å²) in [6.07, 6.45) is 3.62. The van der Waals surface area contributed by atoms with Gasteiger partial charge in [-0.15, -0.1) is 0 Å². The summed E-state index contributed by atoms with van der Waals surface area (Å²) in [4.78, 5) is 8.14. The van der Waals surface area contributed by atoms with Gasteiger partial charge in [0.05, 0.1) is 17.3 Å². The van der Waals surface area contributed by atoms with Gasteiger partial charge in [0.2, 0.25) is 5.95 Å². The third-order valence-corrected chi connectivity index (χ3v) is 5.37.